The average Bonchev–Trinajstić information content (AvgIpc) is 2.70. The zero-order valence-electron chi connectivity index (χ0n) is 15.0. The van der Waals surface area contributed by atoms with Crippen LogP contribution in [-0.4, -0.2) is 29.6 Å². The van der Waals surface area contributed by atoms with Gasteiger partial charge in [-0.05, 0) is 43.3 Å². The van der Waals surface area contributed by atoms with Crippen molar-refractivity contribution >= 4 is 46.2 Å². The number of hydrazone groups is 1. The number of rotatable bonds is 5. The third-order valence-electron chi connectivity index (χ3n) is 3.70. The van der Waals surface area contributed by atoms with Crippen LogP contribution >= 0.6 is 11.6 Å². The monoisotopic (exact) mass is 396 g/mol. The first-order valence-electron chi connectivity index (χ1n) is 8.49. The van der Waals surface area contributed by atoms with Crippen molar-refractivity contribution in [3.63, 3.8) is 0 Å². The summed E-state index contributed by atoms with van der Waals surface area (Å²) in [5, 5.41) is 7.39. The molecule has 8 heteroatoms. The molecule has 1 aromatic heterocycles. The molecule has 142 valence electrons. The second-order valence-corrected chi connectivity index (χ2v) is 6.03. The number of carbonyl (C=O) groups excluding carboxylic acids is 2. The van der Waals surface area contributed by atoms with Gasteiger partial charge in [0.25, 0.3) is 0 Å². The number of fused-ring (bicyclic) bond motifs is 1. The van der Waals surface area contributed by atoms with Gasteiger partial charge >= 0.3 is 11.8 Å². The van der Waals surface area contributed by atoms with Gasteiger partial charge in [-0.3, -0.25) is 9.59 Å². The van der Waals surface area contributed by atoms with Gasteiger partial charge in [-0.1, -0.05) is 29.8 Å². The summed E-state index contributed by atoms with van der Waals surface area (Å²) in [6.07, 6.45) is 1.34. The van der Waals surface area contributed by atoms with Crippen molar-refractivity contribution in [2.75, 3.05) is 11.9 Å². The van der Waals surface area contributed by atoms with Crippen molar-refractivity contribution < 1.29 is 14.3 Å². The minimum absolute atomic E-state index is 0.246. The number of anilines is 1. The summed E-state index contributed by atoms with van der Waals surface area (Å²) in [7, 11) is 0. The van der Waals surface area contributed by atoms with E-state index in [1.54, 1.807) is 30.3 Å². The van der Waals surface area contributed by atoms with Crippen LogP contribution in [-0.2, 0) is 9.59 Å². The Bertz CT molecular complexity index is 1040. The molecule has 0 spiro atoms. The minimum atomic E-state index is -0.907. The third kappa shape index (κ3) is 4.83. The maximum absolute atomic E-state index is 11.9. The van der Waals surface area contributed by atoms with Crippen molar-refractivity contribution in [2.45, 2.75) is 6.92 Å². The van der Waals surface area contributed by atoms with Crippen LogP contribution in [0, 0.1) is 0 Å². The molecular formula is C20H17ClN4O3. The van der Waals surface area contributed by atoms with E-state index in [0.717, 1.165) is 10.9 Å². The Hall–Kier alpha value is -3.45. The number of nitrogens with one attached hydrogen (secondary N) is 2. The Kier molecular flexibility index (Phi) is 6.18. The molecule has 1 heterocycles. The van der Waals surface area contributed by atoms with Gasteiger partial charge in [0.05, 0.1) is 18.3 Å². The molecule has 28 heavy (non-hydrogen) atoms. The van der Waals surface area contributed by atoms with Crippen molar-refractivity contribution in [2.24, 2.45) is 5.10 Å². The number of pyridine rings is 1. The normalized spacial score (nSPS) is 10.8. The highest BCUT2D eigenvalue weighted by Crippen LogP contribution is 2.19. The lowest BCUT2D eigenvalue weighted by atomic mass is 10.2. The summed E-state index contributed by atoms with van der Waals surface area (Å²) in [6.45, 7) is 2.42. The van der Waals surface area contributed by atoms with Crippen LogP contribution in [0.2, 0.25) is 5.15 Å². The number of para-hydroxylation sites is 1. The van der Waals surface area contributed by atoms with E-state index in [-0.39, 0.29) is 5.15 Å². The molecule has 2 N–H and O–H groups in total. The van der Waals surface area contributed by atoms with Crippen LogP contribution in [0.4, 0.5) is 5.69 Å². The SMILES string of the molecule is CCOc1ccc(NC(=O)C(=O)N/N=C/c2cc3ccccc3nc2Cl)cc1. The molecule has 2 aromatic carbocycles. The lowest BCUT2D eigenvalue weighted by Gasteiger charge is -2.06. The molecule has 0 aliphatic heterocycles. The quantitative estimate of drug-likeness (QED) is 0.299. The van der Waals surface area contributed by atoms with E-state index in [4.69, 9.17) is 16.3 Å². The highest BCUT2D eigenvalue weighted by Gasteiger charge is 2.13. The van der Waals surface area contributed by atoms with Crippen molar-refractivity contribution in [1.29, 1.82) is 0 Å². The fraction of sp³-hybridized carbons (Fsp3) is 0.100. The lowest BCUT2D eigenvalue weighted by molar-refractivity contribution is -0.136. The third-order valence-corrected chi connectivity index (χ3v) is 4.01. The summed E-state index contributed by atoms with van der Waals surface area (Å²) in [5.74, 6) is -1.07. The first kappa shape index (κ1) is 19.3. The standard InChI is InChI=1S/C20H17ClN4O3/c1-2-28-16-9-7-15(8-10-16)23-19(26)20(27)25-22-12-14-11-13-5-3-4-6-17(13)24-18(14)21/h3-12H,2H2,1H3,(H,23,26)(H,25,27)/b22-12+. The van der Waals surface area contributed by atoms with Crippen molar-refractivity contribution in [3.8, 4) is 5.75 Å². The van der Waals surface area contributed by atoms with Gasteiger partial charge in [0.15, 0.2) is 0 Å². The molecule has 3 rings (SSSR count). The van der Waals surface area contributed by atoms with Gasteiger partial charge in [0.1, 0.15) is 10.9 Å². The van der Waals surface area contributed by atoms with Gasteiger partial charge < -0.3 is 10.1 Å². The molecule has 0 saturated heterocycles. The fourth-order valence-corrected chi connectivity index (χ4v) is 2.59. The van der Waals surface area contributed by atoms with E-state index in [1.807, 2.05) is 31.2 Å². The Morgan fingerprint density at radius 3 is 2.64 bits per heavy atom. The molecule has 0 atom stereocenters. The summed E-state index contributed by atoms with van der Waals surface area (Å²) >= 11 is 6.12. The van der Waals surface area contributed by atoms with Crippen LogP contribution in [0.25, 0.3) is 10.9 Å². The topological polar surface area (TPSA) is 92.7 Å². The number of ether oxygens (including phenoxy) is 1. The van der Waals surface area contributed by atoms with E-state index in [2.05, 4.69) is 20.8 Å². The number of carbonyl (C=O) groups is 2. The molecule has 0 saturated carbocycles. The predicted molar refractivity (Wildman–Crippen MR) is 109 cm³/mol. The molecule has 7 nitrogen and oxygen atoms in total. The highest BCUT2D eigenvalue weighted by atomic mass is 35.5. The lowest BCUT2D eigenvalue weighted by Crippen LogP contribution is -2.32. The first-order chi connectivity index (χ1) is 13.6. The molecule has 2 amide bonds. The van der Waals surface area contributed by atoms with Crippen molar-refractivity contribution in [1.82, 2.24) is 10.4 Å². The minimum Gasteiger partial charge on any atom is -0.494 e. The Balaban J connectivity index is 1.60. The van der Waals surface area contributed by atoms with Gasteiger partial charge in [-0.25, -0.2) is 10.4 Å². The second kappa shape index (κ2) is 8.96. The van der Waals surface area contributed by atoms with Crippen LogP contribution in [0.15, 0.2) is 59.7 Å². The number of hydrogen-bond donors (Lipinski definition) is 2. The zero-order chi connectivity index (χ0) is 19.9. The van der Waals surface area contributed by atoms with Gasteiger partial charge in [0.2, 0.25) is 0 Å². The molecule has 3 aromatic rings. The largest absolute Gasteiger partial charge is 0.494 e. The second-order valence-electron chi connectivity index (χ2n) is 5.67. The molecule has 0 aliphatic rings. The maximum atomic E-state index is 11.9. The van der Waals surface area contributed by atoms with Crippen molar-refractivity contribution in [3.05, 3.63) is 65.3 Å². The van der Waals surface area contributed by atoms with Gasteiger partial charge in [0, 0.05) is 16.6 Å². The number of benzene rings is 2. The zero-order valence-corrected chi connectivity index (χ0v) is 15.7. The Morgan fingerprint density at radius 2 is 1.89 bits per heavy atom. The Morgan fingerprint density at radius 1 is 1.14 bits per heavy atom. The van der Waals surface area contributed by atoms with Crippen LogP contribution in [0.5, 0.6) is 5.75 Å². The van der Waals surface area contributed by atoms with E-state index in [1.165, 1.54) is 6.21 Å². The fourth-order valence-electron chi connectivity index (χ4n) is 2.40. The number of amides is 2. The van der Waals surface area contributed by atoms with E-state index >= 15 is 0 Å². The summed E-state index contributed by atoms with van der Waals surface area (Å²) in [4.78, 5) is 28.1. The highest BCUT2D eigenvalue weighted by molar-refractivity contribution is 6.39. The number of aromatic nitrogens is 1. The molecule has 0 bridgehead atoms. The summed E-state index contributed by atoms with van der Waals surface area (Å²) in [6, 6.07) is 15.9. The van der Waals surface area contributed by atoms with Gasteiger partial charge in [-0.2, -0.15) is 5.10 Å². The number of halogens is 1. The molecular weight excluding hydrogens is 380 g/mol. The number of nitrogens with zero attached hydrogens (tertiary/aromatic N) is 2. The molecule has 0 fully saturated rings. The van der Waals surface area contributed by atoms with E-state index in [0.29, 0.717) is 23.6 Å². The van der Waals surface area contributed by atoms with E-state index < -0.39 is 11.8 Å². The summed E-state index contributed by atoms with van der Waals surface area (Å²) < 4.78 is 5.32. The molecule has 0 unspecified atom stereocenters. The predicted octanol–water partition coefficient (Wildman–Crippen LogP) is 3.38. The summed E-state index contributed by atoms with van der Waals surface area (Å²) in [5.41, 5.74) is 3.91. The molecule has 0 aliphatic carbocycles. The maximum Gasteiger partial charge on any atom is 0.329 e. The average molecular weight is 397 g/mol. The van der Waals surface area contributed by atoms with Crippen LogP contribution in [0.3, 0.4) is 0 Å². The van der Waals surface area contributed by atoms with Crippen LogP contribution in [0.1, 0.15) is 12.5 Å². The Labute approximate surface area is 166 Å². The van der Waals surface area contributed by atoms with E-state index in [9.17, 15) is 9.59 Å². The smallest absolute Gasteiger partial charge is 0.329 e. The van der Waals surface area contributed by atoms with Crippen LogP contribution < -0.4 is 15.5 Å². The first-order valence-corrected chi connectivity index (χ1v) is 8.87. The molecule has 0 radical (unpaired) electrons. The number of hydrogen-bond acceptors (Lipinski definition) is 5. The van der Waals surface area contributed by atoms with Gasteiger partial charge in [-0.15, -0.1) is 0 Å².